The quantitative estimate of drug-likeness (QED) is 0.123. The Bertz CT molecular complexity index is 3170. The first-order chi connectivity index (χ1) is 29.0. The van der Waals surface area contributed by atoms with Gasteiger partial charge in [-0.05, 0) is 151 Å². The molecule has 0 saturated heterocycles. The highest BCUT2D eigenvalue weighted by Crippen LogP contribution is 2.39. The maximum absolute atomic E-state index is 4.02. The van der Waals surface area contributed by atoms with Gasteiger partial charge >= 0.3 is 0 Å². The first kappa shape index (κ1) is 37.4. The summed E-state index contributed by atoms with van der Waals surface area (Å²) < 4.78 is 4.81. The number of benzene rings is 7. The Hall–Kier alpha value is -7.16. The zero-order valence-corrected chi connectivity index (χ0v) is 34.3. The Morgan fingerprint density at radius 3 is 1.68 bits per heavy atom. The number of nitrogens with zero attached hydrogens (tertiary/aromatic N) is 2. The Morgan fingerprint density at radius 2 is 1.08 bits per heavy atom. The molecular weight excluding hydrogens is 713 g/mol. The van der Waals surface area contributed by atoms with Crippen molar-refractivity contribution >= 4 is 54.8 Å². The smallest absolute Gasteiger partial charge is 0.0541 e. The maximum Gasteiger partial charge on any atom is 0.0541 e. The summed E-state index contributed by atoms with van der Waals surface area (Å²) in [6.45, 7) is 12.5. The van der Waals surface area contributed by atoms with Crippen LogP contribution in [0.1, 0.15) is 43.9 Å². The predicted molar refractivity (Wildman–Crippen MR) is 257 cm³/mol. The van der Waals surface area contributed by atoms with Crippen molar-refractivity contribution < 1.29 is 0 Å². The van der Waals surface area contributed by atoms with Gasteiger partial charge in [-0.15, -0.1) is 0 Å². The van der Waals surface area contributed by atoms with Gasteiger partial charge in [-0.1, -0.05) is 134 Å². The molecule has 286 valence electrons. The van der Waals surface area contributed by atoms with Crippen molar-refractivity contribution in [2.24, 2.45) is 0 Å². The molecule has 59 heavy (non-hydrogen) atoms. The molecule has 0 amide bonds. The van der Waals surface area contributed by atoms with Crippen molar-refractivity contribution in [1.29, 1.82) is 0 Å². The van der Waals surface area contributed by atoms with Crippen molar-refractivity contribution in [3.8, 4) is 33.6 Å². The number of aryl methyl sites for hydroxylation is 1. The second kappa shape index (κ2) is 16.0. The summed E-state index contributed by atoms with van der Waals surface area (Å²) in [5.41, 5.74) is 17.8. The molecular formula is C57H48N2. The second-order valence-corrected chi connectivity index (χ2v) is 15.3. The van der Waals surface area contributed by atoms with Crippen LogP contribution in [0.15, 0.2) is 201 Å². The molecule has 2 heterocycles. The van der Waals surface area contributed by atoms with E-state index in [0.29, 0.717) is 0 Å². The number of aromatic nitrogens is 2. The van der Waals surface area contributed by atoms with Crippen molar-refractivity contribution in [3.05, 3.63) is 217 Å². The third-order valence-electron chi connectivity index (χ3n) is 11.5. The largest absolute Gasteiger partial charge is 0.309 e. The van der Waals surface area contributed by atoms with E-state index in [1.54, 1.807) is 0 Å². The van der Waals surface area contributed by atoms with Crippen molar-refractivity contribution in [1.82, 2.24) is 9.13 Å². The van der Waals surface area contributed by atoms with Crippen LogP contribution in [0, 0.1) is 6.92 Å². The van der Waals surface area contributed by atoms with Gasteiger partial charge in [-0.3, -0.25) is 0 Å². The van der Waals surface area contributed by atoms with Crippen LogP contribution in [0.25, 0.3) is 88.4 Å². The molecule has 0 fully saturated rings. The highest BCUT2D eigenvalue weighted by Gasteiger charge is 2.17. The van der Waals surface area contributed by atoms with E-state index in [1.807, 2.05) is 6.08 Å². The van der Waals surface area contributed by atoms with Crippen LogP contribution in [-0.4, -0.2) is 9.13 Å². The third kappa shape index (κ3) is 6.87. The lowest BCUT2D eigenvalue weighted by atomic mass is 9.92. The van der Waals surface area contributed by atoms with Crippen LogP contribution >= 0.6 is 0 Å². The first-order valence-electron chi connectivity index (χ1n) is 20.7. The molecule has 7 aromatic carbocycles. The van der Waals surface area contributed by atoms with Crippen LogP contribution in [-0.2, 0) is 0 Å². The normalized spacial score (nSPS) is 12.6. The topological polar surface area (TPSA) is 9.86 Å². The number of hydrogen-bond donors (Lipinski definition) is 0. The Balaban J connectivity index is 1.17. The molecule has 0 aliphatic carbocycles. The van der Waals surface area contributed by atoms with Crippen molar-refractivity contribution in [2.75, 3.05) is 0 Å². The molecule has 0 spiro atoms. The number of hydrogen-bond acceptors (Lipinski definition) is 0. The lowest BCUT2D eigenvalue weighted by Gasteiger charge is -2.14. The number of allylic oxidation sites excluding steroid dienone is 9. The summed E-state index contributed by atoms with van der Waals surface area (Å²) in [7, 11) is 0. The molecule has 0 radical (unpaired) electrons. The molecule has 9 aromatic rings. The SMILES string of the molecule is C=C/C=C(\C=C/C)c1cc(C(/C=C\CC)=C/C)cc(-c2cccc(-n3c4ccccc4c4cc(-c5ccc6c(c5)c5ccccc5n6-c5ccc(C)cc5)ccc43)c2)c1. The van der Waals surface area contributed by atoms with E-state index < -0.39 is 0 Å². The standard InChI is InChI=1S/C57H48N2/c1-6-10-18-40(9-4)45-33-46(41(16-7-2)17-8-3)35-47(34-45)42-19-15-20-49(36-42)59-55-24-14-12-22-51(55)53-38-44(28-32-57(53)59)43-27-31-56-52(37-43)50-21-11-13-23-54(50)58(56)48-29-25-39(5)26-30-48/h7-38H,2,6H2,1,3-5H3/b17-8-,18-10-,40-9+,41-16+. The molecule has 0 saturated carbocycles. The van der Waals surface area contributed by atoms with Crippen LogP contribution < -0.4 is 0 Å². The van der Waals surface area contributed by atoms with Gasteiger partial charge < -0.3 is 9.13 Å². The minimum absolute atomic E-state index is 0.988. The summed E-state index contributed by atoms with van der Waals surface area (Å²) >= 11 is 0. The van der Waals surface area contributed by atoms with E-state index in [9.17, 15) is 0 Å². The molecule has 2 aromatic heterocycles. The zero-order valence-electron chi connectivity index (χ0n) is 34.3. The molecule has 2 nitrogen and oxygen atoms in total. The Labute approximate surface area is 347 Å². The molecule has 0 aliphatic heterocycles. The Morgan fingerprint density at radius 1 is 0.508 bits per heavy atom. The fourth-order valence-corrected chi connectivity index (χ4v) is 8.67. The molecule has 0 aliphatic rings. The molecule has 2 heteroatoms. The van der Waals surface area contributed by atoms with Crippen LogP contribution in [0.2, 0.25) is 0 Å². The summed E-state index contributed by atoms with van der Waals surface area (Å²) in [6, 6.07) is 56.2. The van der Waals surface area contributed by atoms with Gasteiger partial charge in [0.05, 0.1) is 22.1 Å². The first-order valence-corrected chi connectivity index (χ1v) is 20.7. The lowest BCUT2D eigenvalue weighted by molar-refractivity contribution is 1.17. The van der Waals surface area contributed by atoms with Crippen LogP contribution in [0.3, 0.4) is 0 Å². The van der Waals surface area contributed by atoms with E-state index in [2.05, 4.69) is 232 Å². The fourth-order valence-electron chi connectivity index (χ4n) is 8.67. The number of rotatable bonds is 10. The summed E-state index contributed by atoms with van der Waals surface area (Å²) in [6.07, 6.45) is 15.9. The zero-order chi connectivity index (χ0) is 40.5. The Kier molecular flexibility index (Phi) is 10.1. The van der Waals surface area contributed by atoms with Gasteiger partial charge in [0.1, 0.15) is 0 Å². The van der Waals surface area contributed by atoms with Gasteiger partial charge in [0, 0.05) is 32.9 Å². The number of fused-ring (bicyclic) bond motifs is 6. The van der Waals surface area contributed by atoms with Gasteiger partial charge in [0.2, 0.25) is 0 Å². The molecule has 0 atom stereocenters. The van der Waals surface area contributed by atoms with Crippen molar-refractivity contribution in [2.45, 2.75) is 34.1 Å². The van der Waals surface area contributed by atoms with Gasteiger partial charge in [-0.25, -0.2) is 0 Å². The summed E-state index contributed by atoms with van der Waals surface area (Å²) in [5.74, 6) is 0. The second-order valence-electron chi connectivity index (χ2n) is 15.3. The fraction of sp³-hybridized carbons (Fsp3) is 0.0877. The summed E-state index contributed by atoms with van der Waals surface area (Å²) in [4.78, 5) is 0. The van der Waals surface area contributed by atoms with E-state index in [1.165, 1.54) is 88.3 Å². The highest BCUT2D eigenvalue weighted by molar-refractivity contribution is 6.12. The maximum atomic E-state index is 4.02. The number of para-hydroxylation sites is 2. The van der Waals surface area contributed by atoms with Gasteiger partial charge in [0.25, 0.3) is 0 Å². The summed E-state index contributed by atoms with van der Waals surface area (Å²) in [5, 5.41) is 4.99. The molecule has 0 N–H and O–H groups in total. The third-order valence-corrected chi connectivity index (χ3v) is 11.5. The average Bonchev–Trinajstić information content (AvgIpc) is 3.79. The van der Waals surface area contributed by atoms with E-state index in [-0.39, 0.29) is 0 Å². The van der Waals surface area contributed by atoms with Crippen LogP contribution in [0.4, 0.5) is 0 Å². The molecule has 9 rings (SSSR count). The highest BCUT2D eigenvalue weighted by atomic mass is 15.0. The van der Waals surface area contributed by atoms with Gasteiger partial charge in [-0.2, -0.15) is 0 Å². The minimum Gasteiger partial charge on any atom is -0.309 e. The average molecular weight is 761 g/mol. The lowest BCUT2D eigenvalue weighted by Crippen LogP contribution is -1.95. The van der Waals surface area contributed by atoms with Crippen LogP contribution in [0.5, 0.6) is 0 Å². The van der Waals surface area contributed by atoms with E-state index in [0.717, 1.165) is 23.2 Å². The van der Waals surface area contributed by atoms with E-state index >= 15 is 0 Å². The molecule has 0 bridgehead atoms. The van der Waals surface area contributed by atoms with E-state index in [4.69, 9.17) is 0 Å². The van der Waals surface area contributed by atoms with Crippen molar-refractivity contribution in [3.63, 3.8) is 0 Å². The monoisotopic (exact) mass is 760 g/mol. The van der Waals surface area contributed by atoms with Gasteiger partial charge in [0.15, 0.2) is 0 Å². The predicted octanol–water partition coefficient (Wildman–Crippen LogP) is 16.0. The minimum atomic E-state index is 0.988. The molecule has 0 unspecified atom stereocenters.